The average Bonchev–Trinajstić information content (AvgIpc) is 3.15. The lowest BCUT2D eigenvalue weighted by molar-refractivity contribution is 0.0997. The second-order valence-corrected chi connectivity index (χ2v) is 11.8. The van der Waals surface area contributed by atoms with Gasteiger partial charge in [-0.3, -0.25) is 4.79 Å². The van der Waals surface area contributed by atoms with Crippen molar-refractivity contribution in [2.75, 3.05) is 7.05 Å². The van der Waals surface area contributed by atoms with Crippen LogP contribution in [0.25, 0.3) is 10.2 Å². The zero-order valence-corrected chi connectivity index (χ0v) is 22.0. The first-order valence-corrected chi connectivity index (χ1v) is 13.8. The second kappa shape index (κ2) is 10.4. The topological polar surface area (TPSA) is 71.7 Å². The molecule has 34 heavy (non-hydrogen) atoms. The highest BCUT2D eigenvalue weighted by molar-refractivity contribution is 9.10. The largest absolute Gasteiger partial charge is 0.316 e. The molecule has 6 nitrogen and oxygen atoms in total. The smallest absolute Gasteiger partial charge is 0.279 e. The minimum Gasteiger partial charge on any atom is -0.316 e. The van der Waals surface area contributed by atoms with Crippen LogP contribution in [0.4, 0.5) is 0 Å². The number of carbonyl (C=O) groups excluding carboxylic acids is 1. The van der Waals surface area contributed by atoms with Gasteiger partial charge in [-0.25, -0.2) is 8.42 Å². The number of carbonyl (C=O) groups is 1. The maximum Gasteiger partial charge on any atom is 0.279 e. The fraction of sp³-hybridized carbons (Fsp3) is 0.200. The van der Waals surface area contributed by atoms with E-state index in [1.54, 1.807) is 7.05 Å². The van der Waals surface area contributed by atoms with E-state index in [2.05, 4.69) is 27.8 Å². The molecule has 1 heterocycles. The number of fused-ring (bicyclic) bond motifs is 1. The van der Waals surface area contributed by atoms with Crippen molar-refractivity contribution < 1.29 is 13.2 Å². The maximum absolute atomic E-state index is 13.0. The SMILES string of the molecule is CCCn1c(=NC(=O)c2ccc(S(=O)(=O)N(C)Cc3ccccc3)cc2)sc2cc(Br)ccc21. The van der Waals surface area contributed by atoms with Crippen LogP contribution in [0.1, 0.15) is 29.3 Å². The van der Waals surface area contributed by atoms with Gasteiger partial charge in [0.25, 0.3) is 5.91 Å². The number of hydrogen-bond acceptors (Lipinski definition) is 4. The highest BCUT2D eigenvalue weighted by Crippen LogP contribution is 2.23. The molecule has 0 saturated heterocycles. The molecule has 0 bridgehead atoms. The minimum absolute atomic E-state index is 0.134. The molecule has 0 atom stereocenters. The molecule has 0 unspecified atom stereocenters. The number of amides is 1. The Morgan fingerprint density at radius 3 is 2.44 bits per heavy atom. The molecular weight excluding hydrogens is 534 g/mol. The number of benzene rings is 3. The first kappa shape index (κ1) is 24.5. The molecule has 4 aromatic rings. The van der Waals surface area contributed by atoms with Crippen molar-refractivity contribution in [2.24, 2.45) is 4.99 Å². The minimum atomic E-state index is -3.69. The number of halogens is 1. The summed E-state index contributed by atoms with van der Waals surface area (Å²) in [4.78, 5) is 18.0. The molecule has 0 fully saturated rings. The van der Waals surface area contributed by atoms with Gasteiger partial charge in [-0.05, 0) is 54.4 Å². The molecule has 0 saturated carbocycles. The van der Waals surface area contributed by atoms with Crippen molar-refractivity contribution in [1.82, 2.24) is 8.87 Å². The number of hydrogen-bond donors (Lipinski definition) is 0. The Morgan fingerprint density at radius 1 is 1.06 bits per heavy atom. The van der Waals surface area contributed by atoms with E-state index < -0.39 is 15.9 Å². The van der Waals surface area contributed by atoms with Gasteiger partial charge in [-0.1, -0.05) is 64.5 Å². The third kappa shape index (κ3) is 5.22. The molecule has 1 amide bonds. The van der Waals surface area contributed by atoms with E-state index in [0.29, 0.717) is 10.4 Å². The van der Waals surface area contributed by atoms with E-state index >= 15 is 0 Å². The van der Waals surface area contributed by atoms with Gasteiger partial charge in [0.1, 0.15) is 0 Å². The fourth-order valence-corrected chi connectivity index (χ4v) is 6.36. The third-order valence-electron chi connectivity index (χ3n) is 5.35. The Kier molecular flexibility index (Phi) is 7.47. The summed E-state index contributed by atoms with van der Waals surface area (Å²) in [6.45, 7) is 3.09. The molecule has 0 N–H and O–H groups in total. The zero-order valence-electron chi connectivity index (χ0n) is 18.8. The van der Waals surface area contributed by atoms with Gasteiger partial charge in [0.15, 0.2) is 4.80 Å². The standard InChI is InChI=1S/C25H24BrN3O3S2/c1-3-15-29-22-14-11-20(26)16-23(22)33-25(29)27-24(30)19-9-12-21(13-10-19)34(31,32)28(2)17-18-7-5-4-6-8-18/h4-14,16H,3,15,17H2,1-2H3. The van der Waals surface area contributed by atoms with Crippen LogP contribution in [0.15, 0.2) is 87.2 Å². The van der Waals surface area contributed by atoms with E-state index in [0.717, 1.165) is 33.2 Å². The van der Waals surface area contributed by atoms with Crippen LogP contribution >= 0.6 is 27.3 Å². The monoisotopic (exact) mass is 557 g/mol. The predicted molar refractivity (Wildman–Crippen MR) is 139 cm³/mol. The summed E-state index contributed by atoms with van der Waals surface area (Å²) in [6.07, 6.45) is 0.909. The van der Waals surface area contributed by atoms with Crippen molar-refractivity contribution in [3.05, 3.63) is 93.2 Å². The zero-order chi connectivity index (χ0) is 24.3. The summed E-state index contributed by atoms with van der Waals surface area (Å²) < 4.78 is 31.3. The van der Waals surface area contributed by atoms with E-state index in [-0.39, 0.29) is 11.4 Å². The van der Waals surface area contributed by atoms with Crippen LogP contribution in [0.2, 0.25) is 0 Å². The Hall–Kier alpha value is -2.59. The number of thiazole rings is 1. The summed E-state index contributed by atoms with van der Waals surface area (Å²) >= 11 is 4.95. The number of sulfonamides is 1. The molecule has 9 heteroatoms. The molecule has 0 aliphatic heterocycles. The molecule has 176 valence electrons. The summed E-state index contributed by atoms with van der Waals surface area (Å²) in [6, 6.07) is 21.4. The van der Waals surface area contributed by atoms with Crippen molar-refractivity contribution in [1.29, 1.82) is 0 Å². The Balaban J connectivity index is 1.60. The van der Waals surface area contributed by atoms with E-state index in [1.165, 1.54) is 39.9 Å². The maximum atomic E-state index is 13.0. The van der Waals surface area contributed by atoms with Gasteiger partial charge in [0, 0.05) is 30.2 Å². The molecule has 0 spiro atoms. The average molecular weight is 559 g/mol. The Morgan fingerprint density at radius 2 is 1.76 bits per heavy atom. The second-order valence-electron chi connectivity index (χ2n) is 7.84. The molecule has 3 aromatic carbocycles. The number of aromatic nitrogens is 1. The first-order valence-electron chi connectivity index (χ1n) is 10.8. The fourth-order valence-electron chi connectivity index (χ4n) is 3.60. The predicted octanol–water partition coefficient (Wildman–Crippen LogP) is 5.44. The van der Waals surface area contributed by atoms with Crippen LogP contribution in [0, 0.1) is 0 Å². The third-order valence-corrected chi connectivity index (χ3v) is 8.70. The molecule has 1 aromatic heterocycles. The highest BCUT2D eigenvalue weighted by Gasteiger charge is 2.21. The summed E-state index contributed by atoms with van der Waals surface area (Å²) in [5.74, 6) is -0.405. The number of rotatable bonds is 7. The van der Waals surface area contributed by atoms with Crippen molar-refractivity contribution in [2.45, 2.75) is 31.3 Å². The quantitative estimate of drug-likeness (QED) is 0.304. The summed E-state index contributed by atoms with van der Waals surface area (Å²) in [5.41, 5.74) is 2.27. The van der Waals surface area contributed by atoms with E-state index in [9.17, 15) is 13.2 Å². The normalized spacial score (nSPS) is 12.5. The van der Waals surface area contributed by atoms with Crippen LogP contribution in [0.5, 0.6) is 0 Å². The lowest BCUT2D eigenvalue weighted by atomic mass is 10.2. The molecule has 4 rings (SSSR count). The van der Waals surface area contributed by atoms with Gasteiger partial charge in [-0.2, -0.15) is 9.30 Å². The van der Waals surface area contributed by atoms with Gasteiger partial charge in [-0.15, -0.1) is 0 Å². The Labute approximate surface area is 211 Å². The van der Waals surface area contributed by atoms with Gasteiger partial charge in [0.2, 0.25) is 10.0 Å². The van der Waals surface area contributed by atoms with Crippen LogP contribution in [-0.4, -0.2) is 30.2 Å². The number of aryl methyl sites for hydroxylation is 1. The molecule has 0 aliphatic rings. The molecular formula is C25H24BrN3O3S2. The van der Waals surface area contributed by atoms with E-state index in [4.69, 9.17) is 0 Å². The van der Waals surface area contributed by atoms with Crippen molar-refractivity contribution >= 4 is 53.4 Å². The molecule has 0 radical (unpaired) electrons. The summed E-state index contributed by atoms with van der Waals surface area (Å²) in [7, 11) is -2.14. The first-order chi connectivity index (χ1) is 16.3. The van der Waals surface area contributed by atoms with Crippen molar-refractivity contribution in [3.8, 4) is 0 Å². The van der Waals surface area contributed by atoms with E-state index in [1.807, 2.05) is 53.1 Å². The van der Waals surface area contributed by atoms with Crippen molar-refractivity contribution in [3.63, 3.8) is 0 Å². The van der Waals surface area contributed by atoms with Crippen LogP contribution in [-0.2, 0) is 23.1 Å². The van der Waals surface area contributed by atoms with Gasteiger partial charge in [0.05, 0.1) is 15.1 Å². The van der Waals surface area contributed by atoms with Crippen LogP contribution < -0.4 is 4.80 Å². The van der Waals surface area contributed by atoms with Gasteiger partial charge < -0.3 is 4.57 Å². The lowest BCUT2D eigenvalue weighted by Gasteiger charge is -2.17. The highest BCUT2D eigenvalue weighted by atomic mass is 79.9. The summed E-state index contributed by atoms with van der Waals surface area (Å²) in [5, 5.41) is 0. The van der Waals surface area contributed by atoms with Crippen LogP contribution in [0.3, 0.4) is 0 Å². The van der Waals surface area contributed by atoms with Gasteiger partial charge >= 0.3 is 0 Å². The molecule has 0 aliphatic carbocycles. The Bertz CT molecular complexity index is 1490. The number of nitrogens with zero attached hydrogens (tertiary/aromatic N) is 3. The lowest BCUT2D eigenvalue weighted by Crippen LogP contribution is -2.26.